The number of hydrogen-bond donors (Lipinski definition) is 1. The van der Waals surface area contributed by atoms with Gasteiger partial charge in [0, 0.05) is 19.6 Å². The van der Waals surface area contributed by atoms with Crippen molar-refractivity contribution in [1.29, 1.82) is 0 Å². The predicted molar refractivity (Wildman–Crippen MR) is 77.9 cm³/mol. The molecule has 0 bridgehead atoms. The van der Waals surface area contributed by atoms with Crippen molar-refractivity contribution in [1.82, 2.24) is 10.2 Å². The van der Waals surface area contributed by atoms with Crippen LogP contribution in [0.1, 0.15) is 24.8 Å². The predicted octanol–water partition coefficient (Wildman–Crippen LogP) is 2.64. The fourth-order valence-electron chi connectivity index (χ4n) is 2.65. The van der Waals surface area contributed by atoms with Crippen LogP contribution in [0.15, 0.2) is 42.5 Å². The molecular weight excluding hydrogens is 220 g/mol. The molecule has 2 rings (SSSR count). The second-order valence-corrected chi connectivity index (χ2v) is 5.16. The Labute approximate surface area is 111 Å². The van der Waals surface area contributed by atoms with E-state index in [9.17, 15) is 0 Å². The molecule has 1 aromatic carbocycles. The molecule has 1 atom stereocenters. The Hall–Kier alpha value is -1.12. The van der Waals surface area contributed by atoms with Crippen LogP contribution in [-0.4, -0.2) is 37.6 Å². The first-order valence-corrected chi connectivity index (χ1v) is 6.94. The largest absolute Gasteiger partial charge is 0.313 e. The average Bonchev–Trinajstić information content (AvgIpc) is 2.86. The van der Waals surface area contributed by atoms with Gasteiger partial charge in [-0.3, -0.25) is 4.90 Å². The molecule has 1 aliphatic rings. The summed E-state index contributed by atoms with van der Waals surface area (Å²) in [5.74, 6) is 0.707. The quantitative estimate of drug-likeness (QED) is 0.774. The van der Waals surface area contributed by atoms with Gasteiger partial charge in [-0.15, -0.1) is 0 Å². The molecule has 0 spiro atoms. The van der Waals surface area contributed by atoms with Crippen molar-refractivity contribution in [3.63, 3.8) is 0 Å². The molecule has 18 heavy (non-hydrogen) atoms. The highest BCUT2D eigenvalue weighted by Gasteiger charge is 2.23. The van der Waals surface area contributed by atoms with Gasteiger partial charge in [-0.05, 0) is 36.6 Å². The summed E-state index contributed by atoms with van der Waals surface area (Å²) in [4.78, 5) is 2.53. The molecule has 1 aliphatic heterocycles. The van der Waals surface area contributed by atoms with Crippen molar-refractivity contribution < 1.29 is 0 Å². The molecule has 0 saturated carbocycles. The normalized spacial score (nSPS) is 20.2. The zero-order valence-electron chi connectivity index (χ0n) is 11.4. The van der Waals surface area contributed by atoms with Crippen molar-refractivity contribution in [3.05, 3.63) is 48.0 Å². The van der Waals surface area contributed by atoms with Crippen molar-refractivity contribution in [2.75, 3.05) is 32.7 Å². The standard InChI is InChI=1S/C16H24N2/c1-3-17-11-14(2)12-18-10-9-16(13-18)15-7-5-4-6-8-15/h4-8,16-17H,2-3,9-13H2,1H3. The SMILES string of the molecule is C=C(CNCC)CN1CCC(c2ccccc2)C1. The zero-order valence-corrected chi connectivity index (χ0v) is 11.4. The van der Waals surface area contributed by atoms with E-state index in [2.05, 4.69) is 54.1 Å². The third-order valence-corrected chi connectivity index (χ3v) is 3.62. The Morgan fingerprint density at radius 1 is 1.39 bits per heavy atom. The Morgan fingerprint density at radius 3 is 2.89 bits per heavy atom. The minimum absolute atomic E-state index is 0.707. The van der Waals surface area contributed by atoms with Crippen LogP contribution in [0.5, 0.6) is 0 Å². The average molecular weight is 244 g/mol. The third kappa shape index (κ3) is 3.69. The van der Waals surface area contributed by atoms with Crippen molar-refractivity contribution in [3.8, 4) is 0 Å². The van der Waals surface area contributed by atoms with Crippen LogP contribution in [0.2, 0.25) is 0 Å². The summed E-state index contributed by atoms with van der Waals surface area (Å²) in [6, 6.07) is 10.9. The van der Waals surface area contributed by atoms with Gasteiger partial charge in [-0.2, -0.15) is 0 Å². The molecule has 98 valence electrons. The van der Waals surface area contributed by atoms with E-state index in [1.165, 1.54) is 30.6 Å². The highest BCUT2D eigenvalue weighted by molar-refractivity contribution is 5.21. The number of nitrogens with zero attached hydrogens (tertiary/aromatic N) is 1. The summed E-state index contributed by atoms with van der Waals surface area (Å²) in [6.07, 6.45) is 1.28. The Kier molecular flexibility index (Phi) is 4.97. The Morgan fingerprint density at radius 2 is 2.17 bits per heavy atom. The highest BCUT2D eigenvalue weighted by Crippen LogP contribution is 2.26. The van der Waals surface area contributed by atoms with Gasteiger partial charge in [-0.25, -0.2) is 0 Å². The monoisotopic (exact) mass is 244 g/mol. The molecule has 0 aromatic heterocycles. The van der Waals surface area contributed by atoms with E-state index in [1.54, 1.807) is 0 Å². The van der Waals surface area contributed by atoms with Gasteiger partial charge in [0.15, 0.2) is 0 Å². The van der Waals surface area contributed by atoms with E-state index in [0.29, 0.717) is 5.92 Å². The molecule has 1 fully saturated rings. The maximum absolute atomic E-state index is 4.15. The molecule has 2 nitrogen and oxygen atoms in total. The van der Waals surface area contributed by atoms with Crippen LogP contribution >= 0.6 is 0 Å². The number of nitrogens with one attached hydrogen (secondary N) is 1. The lowest BCUT2D eigenvalue weighted by molar-refractivity contribution is 0.360. The van der Waals surface area contributed by atoms with E-state index in [0.717, 1.165) is 19.6 Å². The number of likely N-dealkylation sites (tertiary alicyclic amines) is 1. The molecule has 2 heteroatoms. The summed E-state index contributed by atoms with van der Waals surface area (Å²) in [7, 11) is 0. The van der Waals surface area contributed by atoms with Gasteiger partial charge in [0.05, 0.1) is 0 Å². The lowest BCUT2D eigenvalue weighted by atomic mass is 9.99. The first-order valence-electron chi connectivity index (χ1n) is 6.94. The number of benzene rings is 1. The second-order valence-electron chi connectivity index (χ2n) is 5.16. The molecule has 0 amide bonds. The smallest absolute Gasteiger partial charge is 0.0203 e. The maximum atomic E-state index is 4.15. The summed E-state index contributed by atoms with van der Waals surface area (Å²) in [5.41, 5.74) is 2.78. The first-order chi connectivity index (χ1) is 8.79. The summed E-state index contributed by atoms with van der Waals surface area (Å²) in [5, 5.41) is 3.34. The summed E-state index contributed by atoms with van der Waals surface area (Å²) >= 11 is 0. The van der Waals surface area contributed by atoms with Gasteiger partial charge < -0.3 is 5.32 Å². The topological polar surface area (TPSA) is 15.3 Å². The Balaban J connectivity index is 1.80. The van der Waals surface area contributed by atoms with E-state index in [1.807, 2.05) is 0 Å². The minimum atomic E-state index is 0.707. The second kappa shape index (κ2) is 6.72. The molecule has 0 aliphatic carbocycles. The molecule has 0 radical (unpaired) electrons. The fraction of sp³-hybridized carbons (Fsp3) is 0.500. The van der Waals surface area contributed by atoms with Crippen molar-refractivity contribution in [2.24, 2.45) is 0 Å². The molecule has 1 N–H and O–H groups in total. The minimum Gasteiger partial charge on any atom is -0.313 e. The van der Waals surface area contributed by atoms with E-state index in [-0.39, 0.29) is 0 Å². The van der Waals surface area contributed by atoms with E-state index >= 15 is 0 Å². The first kappa shape index (κ1) is 13.3. The van der Waals surface area contributed by atoms with Gasteiger partial charge >= 0.3 is 0 Å². The fourth-order valence-corrected chi connectivity index (χ4v) is 2.65. The van der Waals surface area contributed by atoms with Crippen molar-refractivity contribution in [2.45, 2.75) is 19.3 Å². The zero-order chi connectivity index (χ0) is 12.8. The van der Waals surface area contributed by atoms with Crippen LogP contribution < -0.4 is 5.32 Å². The molecule has 1 heterocycles. The van der Waals surface area contributed by atoms with Crippen LogP contribution in [0.25, 0.3) is 0 Å². The molecule has 1 saturated heterocycles. The summed E-state index contributed by atoms with van der Waals surface area (Å²) < 4.78 is 0. The lowest BCUT2D eigenvalue weighted by Gasteiger charge is -2.18. The van der Waals surface area contributed by atoms with Crippen LogP contribution in [0.4, 0.5) is 0 Å². The van der Waals surface area contributed by atoms with Crippen LogP contribution in [0, 0.1) is 0 Å². The van der Waals surface area contributed by atoms with Gasteiger partial charge in [0.1, 0.15) is 0 Å². The number of rotatable bonds is 6. The van der Waals surface area contributed by atoms with E-state index in [4.69, 9.17) is 0 Å². The van der Waals surface area contributed by atoms with Crippen molar-refractivity contribution >= 4 is 0 Å². The van der Waals surface area contributed by atoms with E-state index < -0.39 is 0 Å². The third-order valence-electron chi connectivity index (χ3n) is 3.62. The van der Waals surface area contributed by atoms with Gasteiger partial charge in [0.2, 0.25) is 0 Å². The number of hydrogen-bond acceptors (Lipinski definition) is 2. The van der Waals surface area contributed by atoms with Gasteiger partial charge in [0.25, 0.3) is 0 Å². The highest BCUT2D eigenvalue weighted by atomic mass is 15.1. The maximum Gasteiger partial charge on any atom is 0.0203 e. The van der Waals surface area contributed by atoms with Crippen LogP contribution in [0.3, 0.4) is 0 Å². The Bertz CT molecular complexity index is 372. The molecule has 1 unspecified atom stereocenters. The van der Waals surface area contributed by atoms with Crippen LogP contribution in [-0.2, 0) is 0 Å². The molecular formula is C16H24N2. The van der Waals surface area contributed by atoms with Gasteiger partial charge in [-0.1, -0.05) is 43.8 Å². The number of likely N-dealkylation sites (N-methyl/N-ethyl adjacent to an activating group) is 1. The summed E-state index contributed by atoms with van der Waals surface area (Å²) in [6.45, 7) is 11.7. The lowest BCUT2D eigenvalue weighted by Crippen LogP contribution is -2.27. The molecule has 1 aromatic rings.